The Kier molecular flexibility index (Phi) is 2.78. The molecule has 76 valence electrons. The van der Waals surface area contributed by atoms with Gasteiger partial charge in [-0.25, -0.2) is 9.98 Å². The molecule has 0 fully saturated rings. The van der Waals surface area contributed by atoms with Crippen LogP contribution in [-0.4, -0.2) is 16.3 Å². The SMILES string of the molecule is Cc1cc(C=Nc2nccs2)ccc1O. The number of benzene rings is 1. The maximum Gasteiger partial charge on any atom is 0.208 e. The molecule has 2 rings (SSSR count). The molecule has 3 nitrogen and oxygen atoms in total. The first kappa shape index (κ1) is 9.86. The lowest BCUT2D eigenvalue weighted by Crippen LogP contribution is -1.82. The zero-order valence-electron chi connectivity index (χ0n) is 8.21. The first-order valence-electron chi connectivity index (χ1n) is 4.49. The van der Waals surface area contributed by atoms with Gasteiger partial charge in [0, 0.05) is 17.8 Å². The monoisotopic (exact) mass is 218 g/mol. The summed E-state index contributed by atoms with van der Waals surface area (Å²) in [6, 6.07) is 5.37. The Morgan fingerprint density at radius 1 is 1.47 bits per heavy atom. The average molecular weight is 218 g/mol. The molecule has 0 aliphatic heterocycles. The van der Waals surface area contributed by atoms with Gasteiger partial charge in [0.05, 0.1) is 0 Å². The van der Waals surface area contributed by atoms with E-state index in [1.165, 1.54) is 11.3 Å². The highest BCUT2D eigenvalue weighted by Gasteiger charge is 1.96. The zero-order chi connectivity index (χ0) is 10.7. The van der Waals surface area contributed by atoms with E-state index in [0.717, 1.165) is 16.3 Å². The molecule has 0 bridgehead atoms. The Bertz CT molecular complexity index is 477. The molecule has 1 aromatic carbocycles. The number of aromatic hydroxyl groups is 1. The summed E-state index contributed by atoms with van der Waals surface area (Å²) < 4.78 is 0. The number of hydrogen-bond donors (Lipinski definition) is 1. The maximum absolute atomic E-state index is 9.34. The number of hydrogen-bond acceptors (Lipinski definition) is 4. The number of phenolic OH excluding ortho intramolecular Hbond substituents is 1. The van der Waals surface area contributed by atoms with Gasteiger partial charge < -0.3 is 5.11 Å². The molecule has 0 amide bonds. The molecule has 0 aliphatic rings. The van der Waals surface area contributed by atoms with Crippen molar-refractivity contribution < 1.29 is 5.11 Å². The third-order valence-corrected chi connectivity index (χ3v) is 2.64. The van der Waals surface area contributed by atoms with Gasteiger partial charge in [0.15, 0.2) is 0 Å². The smallest absolute Gasteiger partial charge is 0.208 e. The molecule has 0 radical (unpaired) electrons. The van der Waals surface area contributed by atoms with Crippen LogP contribution in [0.3, 0.4) is 0 Å². The second-order valence-corrected chi connectivity index (χ2v) is 3.99. The quantitative estimate of drug-likeness (QED) is 0.788. The summed E-state index contributed by atoms with van der Waals surface area (Å²) in [4.78, 5) is 8.25. The van der Waals surface area contributed by atoms with Crippen molar-refractivity contribution in [1.29, 1.82) is 0 Å². The summed E-state index contributed by atoms with van der Waals surface area (Å²) in [6.07, 6.45) is 3.46. The van der Waals surface area contributed by atoms with Gasteiger partial charge in [-0.05, 0) is 36.2 Å². The van der Waals surface area contributed by atoms with Gasteiger partial charge in [0.2, 0.25) is 5.13 Å². The van der Waals surface area contributed by atoms with Crippen molar-refractivity contribution in [2.24, 2.45) is 4.99 Å². The summed E-state index contributed by atoms with van der Waals surface area (Å²) in [5.41, 5.74) is 1.80. The van der Waals surface area contributed by atoms with Crippen molar-refractivity contribution in [1.82, 2.24) is 4.98 Å². The highest BCUT2D eigenvalue weighted by molar-refractivity contribution is 7.13. The largest absolute Gasteiger partial charge is 0.508 e. The summed E-state index contributed by atoms with van der Waals surface area (Å²) in [5.74, 6) is 0.307. The van der Waals surface area contributed by atoms with Crippen molar-refractivity contribution in [3.8, 4) is 5.75 Å². The molecule has 0 saturated carbocycles. The van der Waals surface area contributed by atoms with Crippen LogP contribution in [0.2, 0.25) is 0 Å². The van der Waals surface area contributed by atoms with Crippen LogP contribution in [-0.2, 0) is 0 Å². The average Bonchev–Trinajstić information content (AvgIpc) is 2.73. The van der Waals surface area contributed by atoms with Crippen LogP contribution in [0.4, 0.5) is 5.13 Å². The number of aliphatic imine (C=N–C) groups is 1. The lowest BCUT2D eigenvalue weighted by molar-refractivity contribution is 0.471. The minimum Gasteiger partial charge on any atom is -0.508 e. The minimum absolute atomic E-state index is 0.307. The van der Waals surface area contributed by atoms with E-state index in [-0.39, 0.29) is 0 Å². The lowest BCUT2D eigenvalue weighted by Gasteiger charge is -1.98. The van der Waals surface area contributed by atoms with Crippen LogP contribution in [0.25, 0.3) is 0 Å². The van der Waals surface area contributed by atoms with E-state index in [9.17, 15) is 5.11 Å². The molecular formula is C11H10N2OS. The summed E-state index contributed by atoms with van der Waals surface area (Å²) in [7, 11) is 0. The van der Waals surface area contributed by atoms with Crippen molar-refractivity contribution in [3.05, 3.63) is 40.9 Å². The molecule has 1 heterocycles. The van der Waals surface area contributed by atoms with Gasteiger partial charge in [-0.3, -0.25) is 0 Å². The number of thiazole rings is 1. The molecule has 0 saturated heterocycles. The topological polar surface area (TPSA) is 45.5 Å². The van der Waals surface area contributed by atoms with Gasteiger partial charge in [-0.1, -0.05) is 0 Å². The molecule has 0 unspecified atom stereocenters. The third-order valence-electron chi connectivity index (χ3n) is 1.96. The predicted molar refractivity (Wildman–Crippen MR) is 62.2 cm³/mol. The molecule has 0 aliphatic carbocycles. The molecule has 15 heavy (non-hydrogen) atoms. The first-order chi connectivity index (χ1) is 7.25. The van der Waals surface area contributed by atoms with Gasteiger partial charge in [-0.2, -0.15) is 0 Å². The van der Waals surface area contributed by atoms with Crippen LogP contribution < -0.4 is 0 Å². The highest BCUT2D eigenvalue weighted by Crippen LogP contribution is 2.17. The predicted octanol–water partition coefficient (Wildman–Crippen LogP) is 2.91. The van der Waals surface area contributed by atoms with Crippen molar-refractivity contribution in [2.75, 3.05) is 0 Å². The van der Waals surface area contributed by atoms with Crippen LogP contribution in [0, 0.1) is 6.92 Å². The Balaban J connectivity index is 2.21. The van der Waals surface area contributed by atoms with Crippen molar-refractivity contribution in [2.45, 2.75) is 6.92 Å². The number of phenols is 1. The fourth-order valence-corrected chi connectivity index (χ4v) is 1.65. The minimum atomic E-state index is 0.307. The second kappa shape index (κ2) is 4.23. The van der Waals surface area contributed by atoms with E-state index < -0.39 is 0 Å². The molecule has 0 spiro atoms. The summed E-state index contributed by atoms with van der Waals surface area (Å²) in [5, 5.41) is 12.0. The molecule has 0 atom stereocenters. The van der Waals surface area contributed by atoms with E-state index in [4.69, 9.17) is 0 Å². The fraction of sp³-hybridized carbons (Fsp3) is 0.0909. The normalized spacial score (nSPS) is 11.0. The second-order valence-electron chi connectivity index (χ2n) is 3.12. The Hall–Kier alpha value is -1.68. The van der Waals surface area contributed by atoms with E-state index in [1.54, 1.807) is 18.5 Å². The molecule has 1 N–H and O–H groups in total. The molecule has 4 heteroatoms. The number of nitrogens with zero attached hydrogens (tertiary/aromatic N) is 2. The summed E-state index contributed by atoms with van der Waals surface area (Å²) >= 11 is 1.49. The third kappa shape index (κ3) is 2.41. The van der Waals surface area contributed by atoms with E-state index in [1.807, 2.05) is 24.4 Å². The van der Waals surface area contributed by atoms with E-state index in [0.29, 0.717) is 5.75 Å². The zero-order valence-corrected chi connectivity index (χ0v) is 9.03. The van der Waals surface area contributed by atoms with Crippen molar-refractivity contribution >= 4 is 22.7 Å². The Morgan fingerprint density at radius 3 is 3.00 bits per heavy atom. The van der Waals surface area contributed by atoms with Gasteiger partial charge in [0.1, 0.15) is 5.75 Å². The maximum atomic E-state index is 9.34. The van der Waals surface area contributed by atoms with Crippen LogP contribution >= 0.6 is 11.3 Å². The van der Waals surface area contributed by atoms with Crippen LogP contribution in [0.5, 0.6) is 5.75 Å². The van der Waals surface area contributed by atoms with Gasteiger partial charge in [0.25, 0.3) is 0 Å². The molecular weight excluding hydrogens is 208 g/mol. The van der Waals surface area contributed by atoms with E-state index in [2.05, 4.69) is 9.98 Å². The van der Waals surface area contributed by atoms with Crippen molar-refractivity contribution in [3.63, 3.8) is 0 Å². The lowest BCUT2D eigenvalue weighted by atomic mass is 10.1. The Labute approximate surface area is 91.8 Å². The number of aromatic nitrogens is 1. The highest BCUT2D eigenvalue weighted by atomic mass is 32.1. The summed E-state index contributed by atoms with van der Waals surface area (Å²) in [6.45, 7) is 1.86. The first-order valence-corrected chi connectivity index (χ1v) is 5.37. The number of aryl methyl sites for hydroxylation is 1. The van der Waals surface area contributed by atoms with Crippen LogP contribution in [0.15, 0.2) is 34.8 Å². The number of rotatable bonds is 2. The fourth-order valence-electron chi connectivity index (χ4n) is 1.17. The van der Waals surface area contributed by atoms with Crippen LogP contribution in [0.1, 0.15) is 11.1 Å². The van der Waals surface area contributed by atoms with Gasteiger partial charge >= 0.3 is 0 Å². The Morgan fingerprint density at radius 2 is 2.33 bits per heavy atom. The molecule has 1 aromatic heterocycles. The standard InChI is InChI=1S/C11H10N2OS/c1-8-6-9(2-3-10(8)14)7-13-11-12-4-5-15-11/h2-7,14H,1H3. The van der Waals surface area contributed by atoms with Gasteiger partial charge in [-0.15, -0.1) is 11.3 Å². The van der Waals surface area contributed by atoms with E-state index >= 15 is 0 Å². The molecule has 2 aromatic rings.